The van der Waals surface area contributed by atoms with Crippen LogP contribution in [0.1, 0.15) is 12.0 Å². The highest BCUT2D eigenvalue weighted by Gasteiger charge is 2.34. The second-order valence-electron chi connectivity index (χ2n) is 6.66. The van der Waals surface area contributed by atoms with Crippen molar-refractivity contribution in [2.45, 2.75) is 18.6 Å². The second kappa shape index (κ2) is 11.0. The lowest BCUT2D eigenvalue weighted by molar-refractivity contribution is -0.146. The normalized spacial score (nSPS) is 17.1. The fourth-order valence-electron chi connectivity index (χ4n) is 2.95. The van der Waals surface area contributed by atoms with Crippen molar-refractivity contribution in [2.75, 3.05) is 52.4 Å². The lowest BCUT2D eigenvalue weighted by atomic mass is 10.1. The third-order valence-corrected chi connectivity index (χ3v) is 4.50. The van der Waals surface area contributed by atoms with Crippen molar-refractivity contribution in [2.24, 2.45) is 0 Å². The zero-order valence-corrected chi connectivity index (χ0v) is 17.1. The first-order chi connectivity index (χ1) is 14.7. The monoisotopic (exact) mass is 447 g/mol. The number of carbonyl (C=O) groups is 3. The molecule has 1 aliphatic heterocycles. The molecule has 1 atom stereocenters. The molecule has 0 radical (unpaired) electrons. The molecule has 1 heterocycles. The smallest absolute Gasteiger partial charge is 0.416 e. The molecule has 31 heavy (non-hydrogen) atoms. The molecule has 1 saturated heterocycles. The van der Waals surface area contributed by atoms with Crippen LogP contribution in [0.3, 0.4) is 0 Å². The van der Waals surface area contributed by atoms with Gasteiger partial charge in [0.15, 0.2) is 0 Å². The molecule has 1 fully saturated rings. The largest absolute Gasteiger partial charge is 0.489 e. The summed E-state index contributed by atoms with van der Waals surface area (Å²) in [5.41, 5.74) is -1.12. The van der Waals surface area contributed by atoms with Crippen LogP contribution >= 0.6 is 0 Å². The summed E-state index contributed by atoms with van der Waals surface area (Å²) in [5, 5.41) is 5.01. The number of amides is 2. The lowest BCUT2D eigenvalue weighted by Gasteiger charge is -2.33. The van der Waals surface area contributed by atoms with Gasteiger partial charge in [-0.05, 0) is 18.2 Å². The van der Waals surface area contributed by atoms with Crippen LogP contribution in [-0.2, 0) is 30.0 Å². The Bertz CT molecular complexity index is 803. The van der Waals surface area contributed by atoms with Gasteiger partial charge in [0.1, 0.15) is 18.4 Å². The number of hydrogen-bond donors (Lipinski definition) is 2. The Morgan fingerprint density at radius 3 is 2.65 bits per heavy atom. The highest BCUT2D eigenvalue weighted by atomic mass is 19.4. The first-order valence-corrected chi connectivity index (χ1v) is 9.37. The molecule has 0 spiro atoms. The van der Waals surface area contributed by atoms with E-state index in [1.54, 1.807) is 0 Å². The fraction of sp³-hybridized carbons (Fsp3) is 0.526. The summed E-state index contributed by atoms with van der Waals surface area (Å²) in [6.07, 6.45) is -4.87. The number of halogens is 3. The van der Waals surface area contributed by atoms with Gasteiger partial charge in [0, 0.05) is 20.2 Å². The first kappa shape index (κ1) is 24.4. The number of methoxy groups -OCH3 is 2. The van der Waals surface area contributed by atoms with Gasteiger partial charge in [0.25, 0.3) is 0 Å². The van der Waals surface area contributed by atoms with Crippen LogP contribution in [0.25, 0.3) is 0 Å². The molecule has 0 saturated carbocycles. The fourth-order valence-corrected chi connectivity index (χ4v) is 2.95. The predicted octanol–water partition coefficient (Wildman–Crippen LogP) is 1.03. The van der Waals surface area contributed by atoms with E-state index in [-0.39, 0.29) is 50.7 Å². The lowest BCUT2D eigenvalue weighted by Crippen LogP contribution is -2.57. The Morgan fingerprint density at radius 1 is 1.26 bits per heavy atom. The molecule has 172 valence electrons. The van der Waals surface area contributed by atoms with Crippen molar-refractivity contribution in [1.82, 2.24) is 10.2 Å². The number of hydrogen-bond acceptors (Lipinski definition) is 7. The average molecular weight is 447 g/mol. The van der Waals surface area contributed by atoms with Crippen molar-refractivity contribution >= 4 is 23.5 Å². The SMILES string of the molecule is COCCOc1ccc(C(F)(F)F)cc1NC(=O)CN1CCNC(=O)C1CC(=O)OC. The van der Waals surface area contributed by atoms with E-state index in [1.807, 2.05) is 0 Å². The standard InChI is InChI=1S/C19H24F3N3O6/c1-29-7-8-31-15-4-3-12(19(20,21)22)9-13(15)24-16(26)11-25-6-5-23-18(28)14(25)10-17(27)30-2/h3-4,9,14H,5-8,10-11H2,1-2H3,(H,23,28)(H,24,26). The summed E-state index contributed by atoms with van der Waals surface area (Å²) < 4.78 is 54.1. The van der Waals surface area contributed by atoms with E-state index in [1.165, 1.54) is 19.1 Å². The molecule has 2 rings (SSSR count). The van der Waals surface area contributed by atoms with Crippen LogP contribution in [0.4, 0.5) is 18.9 Å². The molecule has 2 amide bonds. The Labute approximate surface area is 176 Å². The van der Waals surface area contributed by atoms with Gasteiger partial charge in [-0.25, -0.2) is 0 Å². The summed E-state index contributed by atoms with van der Waals surface area (Å²) in [4.78, 5) is 37.7. The number of nitrogens with zero attached hydrogens (tertiary/aromatic N) is 1. The molecule has 9 nitrogen and oxygen atoms in total. The van der Waals surface area contributed by atoms with Gasteiger partial charge in [-0.1, -0.05) is 0 Å². The molecule has 1 unspecified atom stereocenters. The summed E-state index contributed by atoms with van der Waals surface area (Å²) >= 11 is 0. The first-order valence-electron chi connectivity index (χ1n) is 9.37. The van der Waals surface area contributed by atoms with Crippen molar-refractivity contribution in [3.63, 3.8) is 0 Å². The number of nitrogens with one attached hydrogen (secondary N) is 2. The molecule has 1 aromatic carbocycles. The summed E-state index contributed by atoms with van der Waals surface area (Å²) in [5.74, 6) is -1.69. The van der Waals surface area contributed by atoms with Gasteiger partial charge in [-0.3, -0.25) is 19.3 Å². The van der Waals surface area contributed by atoms with Gasteiger partial charge in [0.2, 0.25) is 11.8 Å². The molecule has 2 N–H and O–H groups in total. The van der Waals surface area contributed by atoms with Crippen LogP contribution in [0.5, 0.6) is 5.75 Å². The number of alkyl halides is 3. The zero-order chi connectivity index (χ0) is 23.0. The third-order valence-electron chi connectivity index (χ3n) is 4.50. The van der Waals surface area contributed by atoms with E-state index in [4.69, 9.17) is 9.47 Å². The number of ether oxygens (including phenoxy) is 3. The minimum atomic E-state index is -4.61. The molecular weight excluding hydrogens is 423 g/mol. The molecule has 1 aliphatic rings. The molecule has 0 aliphatic carbocycles. The number of esters is 1. The third kappa shape index (κ3) is 7.10. The van der Waals surface area contributed by atoms with E-state index in [0.717, 1.165) is 18.2 Å². The van der Waals surface area contributed by atoms with E-state index in [0.29, 0.717) is 0 Å². The van der Waals surface area contributed by atoms with Crippen LogP contribution in [0.2, 0.25) is 0 Å². The summed E-state index contributed by atoms with van der Waals surface area (Å²) in [6.45, 7) is 0.493. The Hall–Kier alpha value is -2.86. The number of anilines is 1. The van der Waals surface area contributed by atoms with Crippen molar-refractivity contribution in [3.8, 4) is 5.75 Å². The number of carbonyl (C=O) groups excluding carboxylic acids is 3. The number of piperazine rings is 1. The van der Waals surface area contributed by atoms with E-state index in [2.05, 4.69) is 15.4 Å². The second-order valence-corrected chi connectivity index (χ2v) is 6.66. The van der Waals surface area contributed by atoms with Gasteiger partial charge in [-0.15, -0.1) is 0 Å². The molecule has 1 aromatic rings. The quantitative estimate of drug-likeness (QED) is 0.430. The predicted molar refractivity (Wildman–Crippen MR) is 102 cm³/mol. The molecule has 0 bridgehead atoms. The highest BCUT2D eigenvalue weighted by Crippen LogP contribution is 2.35. The Balaban J connectivity index is 2.16. The Morgan fingerprint density at radius 2 is 2.00 bits per heavy atom. The minimum Gasteiger partial charge on any atom is -0.489 e. The average Bonchev–Trinajstić information content (AvgIpc) is 2.70. The van der Waals surface area contributed by atoms with E-state index in [9.17, 15) is 27.6 Å². The van der Waals surface area contributed by atoms with Gasteiger partial charge >= 0.3 is 12.1 Å². The molecular formula is C19H24F3N3O6. The Kier molecular flexibility index (Phi) is 8.63. The zero-order valence-electron chi connectivity index (χ0n) is 17.1. The topological polar surface area (TPSA) is 106 Å². The van der Waals surface area contributed by atoms with Gasteiger partial charge in [0.05, 0.1) is 37.9 Å². The van der Waals surface area contributed by atoms with Crippen molar-refractivity contribution < 1.29 is 41.8 Å². The number of benzene rings is 1. The van der Waals surface area contributed by atoms with Gasteiger partial charge < -0.3 is 24.8 Å². The number of rotatable bonds is 9. The van der Waals surface area contributed by atoms with E-state index < -0.39 is 35.6 Å². The molecule has 12 heteroatoms. The summed E-state index contributed by atoms with van der Waals surface area (Å²) in [7, 11) is 2.62. The van der Waals surface area contributed by atoms with Crippen molar-refractivity contribution in [1.29, 1.82) is 0 Å². The maximum atomic E-state index is 13.1. The summed E-state index contributed by atoms with van der Waals surface area (Å²) in [6, 6.07) is 1.81. The van der Waals surface area contributed by atoms with Crippen LogP contribution < -0.4 is 15.4 Å². The maximum absolute atomic E-state index is 13.1. The van der Waals surface area contributed by atoms with Crippen molar-refractivity contribution in [3.05, 3.63) is 23.8 Å². The van der Waals surface area contributed by atoms with Gasteiger partial charge in [-0.2, -0.15) is 13.2 Å². The highest BCUT2D eigenvalue weighted by molar-refractivity contribution is 5.95. The van der Waals surface area contributed by atoms with Crippen LogP contribution in [-0.4, -0.2) is 75.8 Å². The van der Waals surface area contributed by atoms with Crippen LogP contribution in [0.15, 0.2) is 18.2 Å². The van der Waals surface area contributed by atoms with Crippen LogP contribution in [0, 0.1) is 0 Å². The van der Waals surface area contributed by atoms with E-state index >= 15 is 0 Å². The maximum Gasteiger partial charge on any atom is 0.416 e. The molecule has 0 aromatic heterocycles. The minimum absolute atomic E-state index is 0.0425.